The zero-order valence-corrected chi connectivity index (χ0v) is 21.1. The Balaban J connectivity index is 1.78. The van der Waals surface area contributed by atoms with Crippen molar-refractivity contribution in [1.29, 1.82) is 0 Å². The van der Waals surface area contributed by atoms with Gasteiger partial charge in [0.15, 0.2) is 5.78 Å². The molecule has 0 bridgehead atoms. The van der Waals surface area contributed by atoms with E-state index in [0.29, 0.717) is 23.3 Å². The van der Waals surface area contributed by atoms with Crippen LogP contribution < -0.4 is 9.47 Å². The lowest BCUT2D eigenvalue weighted by Gasteiger charge is -2.20. The molecule has 6 nitrogen and oxygen atoms in total. The van der Waals surface area contributed by atoms with E-state index >= 15 is 0 Å². The normalized spacial score (nSPS) is 12.6. The van der Waals surface area contributed by atoms with Crippen LogP contribution in [0.25, 0.3) is 0 Å². The lowest BCUT2D eigenvalue weighted by atomic mass is 9.84. The third-order valence-corrected chi connectivity index (χ3v) is 6.72. The highest BCUT2D eigenvalue weighted by Crippen LogP contribution is 2.32. The molecule has 1 N–H and O–H groups in total. The molecule has 184 valence electrons. The summed E-state index contributed by atoms with van der Waals surface area (Å²) < 4.78 is 44.7. The fourth-order valence-electron chi connectivity index (χ4n) is 3.30. The van der Waals surface area contributed by atoms with Crippen LogP contribution in [0.2, 0.25) is 0 Å². The molecule has 3 aromatic rings. The van der Waals surface area contributed by atoms with Crippen molar-refractivity contribution in [2.24, 2.45) is 0 Å². The molecule has 0 fully saturated rings. The summed E-state index contributed by atoms with van der Waals surface area (Å²) in [6, 6.07) is 18.2. The molecule has 0 aromatic heterocycles. The van der Waals surface area contributed by atoms with E-state index in [4.69, 9.17) is 9.47 Å². The molecule has 0 saturated carbocycles. The van der Waals surface area contributed by atoms with Gasteiger partial charge in [-0.2, -0.15) is 8.42 Å². The topological polar surface area (TPSA) is 89.9 Å². The molecule has 3 aromatic carbocycles. The van der Waals surface area contributed by atoms with Crippen molar-refractivity contribution in [3.8, 4) is 17.2 Å². The summed E-state index contributed by atoms with van der Waals surface area (Å²) in [4.78, 5) is 12.5. The second kappa shape index (κ2) is 10.5. The van der Waals surface area contributed by atoms with E-state index in [-0.39, 0.29) is 33.7 Å². The van der Waals surface area contributed by atoms with Crippen molar-refractivity contribution in [1.82, 2.24) is 0 Å². The Morgan fingerprint density at radius 1 is 1.00 bits per heavy atom. The molecule has 1 unspecified atom stereocenters. The first kappa shape index (κ1) is 26.2. The number of rotatable bonds is 10. The molecule has 0 heterocycles. The Morgan fingerprint density at radius 3 is 2.06 bits per heavy atom. The fourth-order valence-corrected chi connectivity index (χ4v) is 3.93. The lowest BCUT2D eigenvalue weighted by Crippen LogP contribution is -2.13. The van der Waals surface area contributed by atoms with E-state index in [0.717, 1.165) is 5.56 Å². The third-order valence-electron chi connectivity index (χ3n) is 5.85. The average Bonchev–Trinajstić information content (AvgIpc) is 2.84. The van der Waals surface area contributed by atoms with Crippen molar-refractivity contribution >= 4 is 15.9 Å². The Labute approximate surface area is 207 Å². The number of benzene rings is 3. The Bertz CT molecular complexity index is 1310. The van der Waals surface area contributed by atoms with Crippen LogP contribution >= 0.6 is 0 Å². The van der Waals surface area contributed by atoms with Gasteiger partial charge in [-0.3, -0.25) is 9.35 Å². The van der Waals surface area contributed by atoms with Gasteiger partial charge in [0.25, 0.3) is 10.1 Å². The standard InChI is InChI=1S/C28H30O6S/c1-6-19(3)33-25-17-16-24(18-26(25)35(30,31)32)34-23-14-10-21(11-15-23)27(29)20-8-12-22(13-9-20)28(4,5)7-2/h7-19H,2,6H2,1,3-5H3,(H,30,31,32). The summed E-state index contributed by atoms with van der Waals surface area (Å²) in [6.07, 6.45) is 2.32. The summed E-state index contributed by atoms with van der Waals surface area (Å²) in [5, 5.41) is 0. The zero-order chi connectivity index (χ0) is 25.8. The molecule has 0 aliphatic heterocycles. The number of hydrogen-bond acceptors (Lipinski definition) is 5. The average molecular weight is 495 g/mol. The monoisotopic (exact) mass is 494 g/mol. The van der Waals surface area contributed by atoms with Gasteiger partial charge in [-0.25, -0.2) is 0 Å². The van der Waals surface area contributed by atoms with Gasteiger partial charge in [0.05, 0.1) is 6.10 Å². The quantitative estimate of drug-likeness (QED) is 0.194. The van der Waals surface area contributed by atoms with Gasteiger partial charge in [0.2, 0.25) is 0 Å². The number of allylic oxidation sites excluding steroid dienone is 1. The van der Waals surface area contributed by atoms with Crippen LogP contribution in [0.15, 0.2) is 84.3 Å². The number of ketones is 1. The molecular weight excluding hydrogens is 464 g/mol. The van der Waals surface area contributed by atoms with Crippen LogP contribution in [-0.2, 0) is 15.5 Å². The van der Waals surface area contributed by atoms with E-state index in [1.165, 1.54) is 12.1 Å². The van der Waals surface area contributed by atoms with Crippen molar-refractivity contribution in [2.45, 2.75) is 50.5 Å². The molecule has 0 aliphatic rings. The number of ether oxygens (including phenoxy) is 2. The first-order valence-corrected chi connectivity index (χ1v) is 12.7. The third kappa shape index (κ3) is 6.38. The van der Waals surface area contributed by atoms with Gasteiger partial charge in [0.1, 0.15) is 22.1 Å². The van der Waals surface area contributed by atoms with E-state index in [1.807, 2.05) is 25.1 Å². The Hall–Kier alpha value is -3.42. The second-order valence-corrected chi connectivity index (χ2v) is 10.3. The van der Waals surface area contributed by atoms with Crippen LogP contribution in [0.1, 0.15) is 55.6 Å². The Morgan fingerprint density at radius 2 is 1.54 bits per heavy atom. The smallest absolute Gasteiger partial charge is 0.298 e. The van der Waals surface area contributed by atoms with Crippen LogP contribution in [0.4, 0.5) is 0 Å². The van der Waals surface area contributed by atoms with Crippen molar-refractivity contribution < 1.29 is 27.2 Å². The summed E-state index contributed by atoms with van der Waals surface area (Å²) >= 11 is 0. The summed E-state index contributed by atoms with van der Waals surface area (Å²) in [6.45, 7) is 11.7. The number of carbonyl (C=O) groups is 1. The zero-order valence-electron chi connectivity index (χ0n) is 20.3. The van der Waals surface area contributed by atoms with Gasteiger partial charge >= 0.3 is 0 Å². The molecule has 3 rings (SSSR count). The van der Waals surface area contributed by atoms with E-state index in [2.05, 4.69) is 20.4 Å². The highest BCUT2D eigenvalue weighted by molar-refractivity contribution is 7.86. The Kier molecular flexibility index (Phi) is 7.83. The highest BCUT2D eigenvalue weighted by atomic mass is 32.2. The minimum atomic E-state index is -4.52. The lowest BCUT2D eigenvalue weighted by molar-refractivity contribution is 0.103. The molecule has 7 heteroatoms. The summed E-state index contributed by atoms with van der Waals surface area (Å²) in [7, 11) is -4.52. The maximum atomic E-state index is 12.9. The van der Waals surface area contributed by atoms with Gasteiger partial charge in [-0.05, 0) is 55.3 Å². The maximum Gasteiger partial charge on any atom is 0.298 e. The highest BCUT2D eigenvalue weighted by Gasteiger charge is 2.20. The molecule has 35 heavy (non-hydrogen) atoms. The maximum absolute atomic E-state index is 12.9. The molecule has 0 spiro atoms. The summed E-state index contributed by atoms with van der Waals surface area (Å²) in [5.41, 5.74) is 1.94. The second-order valence-electron chi connectivity index (χ2n) is 8.88. The van der Waals surface area contributed by atoms with Crippen LogP contribution in [0, 0.1) is 0 Å². The number of hydrogen-bond donors (Lipinski definition) is 1. The van der Waals surface area contributed by atoms with E-state index in [1.54, 1.807) is 49.4 Å². The van der Waals surface area contributed by atoms with Gasteiger partial charge in [-0.15, -0.1) is 6.58 Å². The van der Waals surface area contributed by atoms with E-state index < -0.39 is 10.1 Å². The minimum absolute atomic E-state index is 0.0534. The molecule has 0 amide bonds. The predicted octanol–water partition coefficient (Wildman–Crippen LogP) is 6.60. The van der Waals surface area contributed by atoms with Gasteiger partial charge < -0.3 is 9.47 Å². The van der Waals surface area contributed by atoms with Crippen molar-refractivity contribution in [2.75, 3.05) is 0 Å². The molecular formula is C28H30O6S. The van der Waals surface area contributed by atoms with Crippen molar-refractivity contribution in [3.05, 3.63) is 96.1 Å². The fraction of sp³-hybridized carbons (Fsp3) is 0.250. The van der Waals surface area contributed by atoms with Crippen LogP contribution in [0.5, 0.6) is 17.2 Å². The summed E-state index contributed by atoms with van der Waals surface area (Å²) in [5.74, 6) is 0.535. The van der Waals surface area contributed by atoms with Crippen molar-refractivity contribution in [3.63, 3.8) is 0 Å². The largest absolute Gasteiger partial charge is 0.489 e. The minimum Gasteiger partial charge on any atom is -0.489 e. The first-order chi connectivity index (χ1) is 16.4. The van der Waals surface area contributed by atoms with Gasteiger partial charge in [-0.1, -0.05) is 51.1 Å². The predicted molar refractivity (Wildman–Crippen MR) is 136 cm³/mol. The van der Waals surface area contributed by atoms with Gasteiger partial charge in [0, 0.05) is 22.6 Å². The molecule has 0 aliphatic carbocycles. The molecule has 0 saturated heterocycles. The van der Waals surface area contributed by atoms with E-state index in [9.17, 15) is 17.8 Å². The van der Waals surface area contributed by atoms with Crippen LogP contribution in [0.3, 0.4) is 0 Å². The molecule has 1 atom stereocenters. The number of carbonyl (C=O) groups excluding carboxylic acids is 1. The van der Waals surface area contributed by atoms with Crippen LogP contribution in [-0.4, -0.2) is 24.9 Å². The SMILES string of the molecule is C=CC(C)(C)c1ccc(C(=O)c2ccc(Oc3ccc(OC(C)CC)c(S(=O)(=O)O)c3)cc2)cc1. The molecule has 0 radical (unpaired) electrons. The first-order valence-electron chi connectivity index (χ1n) is 11.3.